The number of hydrogen-bond acceptors (Lipinski definition) is 4. The molecule has 0 aliphatic rings. The maximum Gasteiger partial charge on any atom is 0.451 e. The molecule has 21 heavy (non-hydrogen) atoms. The molecule has 0 fully saturated rings. The Kier molecular flexibility index (Phi) is 5.05. The standard InChI is InChI=1S/C13H13ClF3N3S/c1-2-4-8(9-5-3-6-21-9)18-11-7-10(14)19-12(20-11)13(15,16)17/h3,5-8H,2,4H2,1H3,(H,18,19,20). The Morgan fingerprint density at radius 2 is 2.14 bits per heavy atom. The molecule has 1 atom stereocenters. The Hall–Kier alpha value is -1.34. The van der Waals surface area contributed by atoms with Crippen LogP contribution in [0.25, 0.3) is 0 Å². The molecule has 0 spiro atoms. The molecule has 0 aromatic carbocycles. The summed E-state index contributed by atoms with van der Waals surface area (Å²) in [6.45, 7) is 2.01. The lowest BCUT2D eigenvalue weighted by molar-refractivity contribution is -0.144. The summed E-state index contributed by atoms with van der Waals surface area (Å²) in [6, 6.07) is 5.04. The van der Waals surface area contributed by atoms with Crippen LogP contribution in [0.3, 0.4) is 0 Å². The summed E-state index contributed by atoms with van der Waals surface area (Å²) in [6.07, 6.45) is -2.95. The summed E-state index contributed by atoms with van der Waals surface area (Å²) in [5, 5.41) is 4.70. The highest BCUT2D eigenvalue weighted by Gasteiger charge is 2.35. The van der Waals surface area contributed by atoms with Crippen molar-refractivity contribution in [3.63, 3.8) is 0 Å². The zero-order valence-corrected chi connectivity index (χ0v) is 12.7. The van der Waals surface area contributed by atoms with Crippen LogP contribution in [-0.4, -0.2) is 9.97 Å². The van der Waals surface area contributed by atoms with Gasteiger partial charge in [-0.25, -0.2) is 9.97 Å². The molecule has 0 radical (unpaired) electrons. The van der Waals surface area contributed by atoms with Gasteiger partial charge in [0.05, 0.1) is 6.04 Å². The van der Waals surface area contributed by atoms with Crippen molar-refractivity contribution in [1.29, 1.82) is 0 Å². The Labute approximate surface area is 129 Å². The Balaban J connectivity index is 2.26. The van der Waals surface area contributed by atoms with Crippen LogP contribution in [0.2, 0.25) is 5.15 Å². The van der Waals surface area contributed by atoms with Gasteiger partial charge in [0.1, 0.15) is 11.0 Å². The van der Waals surface area contributed by atoms with Gasteiger partial charge in [0.25, 0.3) is 0 Å². The van der Waals surface area contributed by atoms with Crippen LogP contribution in [0.1, 0.15) is 36.5 Å². The summed E-state index contributed by atoms with van der Waals surface area (Å²) < 4.78 is 38.1. The average Bonchev–Trinajstić information content (AvgIpc) is 2.90. The Bertz CT molecular complexity index is 587. The Morgan fingerprint density at radius 3 is 2.71 bits per heavy atom. The maximum atomic E-state index is 12.7. The summed E-state index contributed by atoms with van der Waals surface area (Å²) in [5.74, 6) is -1.16. The molecule has 0 aliphatic carbocycles. The highest BCUT2D eigenvalue weighted by atomic mass is 35.5. The fourth-order valence-electron chi connectivity index (χ4n) is 1.86. The van der Waals surface area contributed by atoms with E-state index in [2.05, 4.69) is 15.3 Å². The average molecular weight is 336 g/mol. The van der Waals surface area contributed by atoms with Crippen LogP contribution >= 0.6 is 22.9 Å². The van der Waals surface area contributed by atoms with E-state index in [-0.39, 0.29) is 17.0 Å². The fraction of sp³-hybridized carbons (Fsp3) is 0.385. The minimum atomic E-state index is -4.62. The van der Waals surface area contributed by atoms with E-state index in [0.29, 0.717) is 0 Å². The predicted molar refractivity (Wildman–Crippen MR) is 77.6 cm³/mol. The number of rotatable bonds is 5. The molecule has 0 aliphatic heterocycles. The number of nitrogens with zero attached hydrogens (tertiary/aromatic N) is 2. The van der Waals surface area contributed by atoms with Gasteiger partial charge < -0.3 is 5.32 Å². The second-order valence-electron chi connectivity index (χ2n) is 4.40. The molecule has 0 bridgehead atoms. The van der Waals surface area contributed by atoms with Crippen molar-refractivity contribution < 1.29 is 13.2 Å². The van der Waals surface area contributed by atoms with E-state index in [1.165, 1.54) is 6.07 Å². The molecule has 1 unspecified atom stereocenters. The predicted octanol–water partition coefficient (Wildman–Crippen LogP) is 5.16. The van der Waals surface area contributed by atoms with Crippen LogP contribution in [0.5, 0.6) is 0 Å². The van der Waals surface area contributed by atoms with E-state index in [1.54, 1.807) is 11.3 Å². The van der Waals surface area contributed by atoms with Crippen LogP contribution in [-0.2, 0) is 6.18 Å². The van der Waals surface area contributed by atoms with Gasteiger partial charge in [-0.2, -0.15) is 13.2 Å². The zero-order chi connectivity index (χ0) is 15.5. The van der Waals surface area contributed by atoms with Crippen molar-refractivity contribution in [3.8, 4) is 0 Å². The van der Waals surface area contributed by atoms with Gasteiger partial charge in [-0.15, -0.1) is 11.3 Å². The molecule has 2 heterocycles. The van der Waals surface area contributed by atoms with E-state index in [0.717, 1.165) is 17.7 Å². The molecule has 3 nitrogen and oxygen atoms in total. The van der Waals surface area contributed by atoms with Crippen LogP contribution in [0.4, 0.5) is 19.0 Å². The van der Waals surface area contributed by atoms with Gasteiger partial charge in [0.15, 0.2) is 0 Å². The van der Waals surface area contributed by atoms with Crippen LogP contribution < -0.4 is 5.32 Å². The maximum absolute atomic E-state index is 12.7. The minimum absolute atomic E-state index is 0.0779. The zero-order valence-electron chi connectivity index (χ0n) is 11.1. The van der Waals surface area contributed by atoms with Gasteiger partial charge in [0.2, 0.25) is 5.82 Å². The van der Waals surface area contributed by atoms with Gasteiger partial charge in [-0.1, -0.05) is 31.0 Å². The van der Waals surface area contributed by atoms with Crippen molar-refractivity contribution in [3.05, 3.63) is 39.4 Å². The molecule has 2 aromatic heterocycles. The van der Waals surface area contributed by atoms with E-state index in [9.17, 15) is 13.2 Å². The number of alkyl halides is 3. The molecular weight excluding hydrogens is 323 g/mol. The lowest BCUT2D eigenvalue weighted by atomic mass is 10.1. The molecule has 0 saturated heterocycles. The van der Waals surface area contributed by atoms with Crippen molar-refractivity contribution >= 4 is 28.8 Å². The van der Waals surface area contributed by atoms with E-state index in [4.69, 9.17) is 11.6 Å². The monoisotopic (exact) mass is 335 g/mol. The molecular formula is C13H13ClF3N3S. The summed E-state index contributed by atoms with van der Waals surface area (Å²) in [4.78, 5) is 7.76. The lowest BCUT2D eigenvalue weighted by Crippen LogP contribution is -2.15. The molecule has 2 aromatic rings. The fourth-order valence-corrected chi connectivity index (χ4v) is 2.86. The minimum Gasteiger partial charge on any atom is -0.362 e. The van der Waals surface area contributed by atoms with Crippen molar-refractivity contribution in [2.24, 2.45) is 0 Å². The number of nitrogens with one attached hydrogen (secondary N) is 1. The first-order valence-electron chi connectivity index (χ1n) is 6.32. The molecule has 8 heteroatoms. The van der Waals surface area contributed by atoms with Crippen molar-refractivity contribution in [2.75, 3.05) is 5.32 Å². The SMILES string of the molecule is CCCC(Nc1cc(Cl)nc(C(F)(F)F)n1)c1cccs1. The molecule has 1 N–H and O–H groups in total. The van der Waals surface area contributed by atoms with Crippen molar-refractivity contribution in [1.82, 2.24) is 9.97 Å². The third-order valence-corrected chi connectivity index (χ3v) is 3.91. The number of anilines is 1. The Morgan fingerprint density at radius 1 is 1.38 bits per heavy atom. The highest BCUT2D eigenvalue weighted by Crippen LogP contribution is 2.31. The third-order valence-electron chi connectivity index (χ3n) is 2.73. The summed E-state index contributed by atoms with van der Waals surface area (Å²) in [5.41, 5.74) is 0. The van der Waals surface area contributed by atoms with Gasteiger partial charge in [0, 0.05) is 10.9 Å². The first-order valence-corrected chi connectivity index (χ1v) is 7.57. The quantitative estimate of drug-likeness (QED) is 0.766. The molecule has 0 saturated carbocycles. The molecule has 0 amide bonds. The lowest BCUT2D eigenvalue weighted by Gasteiger charge is -2.18. The molecule has 2 rings (SSSR count). The number of halogens is 4. The van der Waals surface area contributed by atoms with E-state index >= 15 is 0 Å². The van der Waals surface area contributed by atoms with Crippen LogP contribution in [0, 0.1) is 0 Å². The molecule has 114 valence electrons. The number of thiophene rings is 1. The smallest absolute Gasteiger partial charge is 0.362 e. The largest absolute Gasteiger partial charge is 0.451 e. The summed E-state index contributed by atoms with van der Waals surface area (Å²) in [7, 11) is 0. The van der Waals surface area contributed by atoms with Gasteiger partial charge in [-0.3, -0.25) is 0 Å². The highest BCUT2D eigenvalue weighted by molar-refractivity contribution is 7.10. The first kappa shape index (κ1) is 16.0. The van der Waals surface area contributed by atoms with E-state index in [1.807, 2.05) is 24.4 Å². The number of aromatic nitrogens is 2. The van der Waals surface area contributed by atoms with Crippen molar-refractivity contribution in [2.45, 2.75) is 32.0 Å². The summed E-state index contributed by atoms with van der Waals surface area (Å²) >= 11 is 7.20. The van der Waals surface area contributed by atoms with Crippen LogP contribution in [0.15, 0.2) is 23.6 Å². The van der Waals surface area contributed by atoms with Gasteiger partial charge in [-0.05, 0) is 17.9 Å². The van der Waals surface area contributed by atoms with Gasteiger partial charge >= 0.3 is 6.18 Å². The normalized spacial score (nSPS) is 13.2. The van der Waals surface area contributed by atoms with E-state index < -0.39 is 12.0 Å². The second-order valence-corrected chi connectivity index (χ2v) is 5.76. The second kappa shape index (κ2) is 6.62. The topological polar surface area (TPSA) is 37.8 Å². The first-order chi connectivity index (χ1) is 9.90. The number of hydrogen-bond donors (Lipinski definition) is 1. The third kappa shape index (κ3) is 4.31.